The van der Waals surface area contributed by atoms with Crippen molar-refractivity contribution in [2.75, 3.05) is 0 Å². The van der Waals surface area contributed by atoms with Gasteiger partial charge in [0.1, 0.15) is 12.4 Å². The molecule has 10 heteroatoms. The molecule has 0 fully saturated rings. The van der Waals surface area contributed by atoms with Crippen LogP contribution >= 0.6 is 11.8 Å². The van der Waals surface area contributed by atoms with E-state index >= 15 is 0 Å². The van der Waals surface area contributed by atoms with Gasteiger partial charge in [-0.15, -0.1) is 10.2 Å². The second-order valence-electron chi connectivity index (χ2n) is 4.37. The molecule has 0 N–H and O–H groups in total. The van der Waals surface area contributed by atoms with Crippen LogP contribution in [0.15, 0.2) is 47.2 Å². The molecule has 0 radical (unpaired) electrons. The zero-order valence-corrected chi connectivity index (χ0v) is 12.8. The lowest BCUT2D eigenvalue weighted by molar-refractivity contribution is -0.385. The molecule has 0 aromatic carbocycles. The quantitative estimate of drug-likeness (QED) is 0.398. The van der Waals surface area contributed by atoms with Gasteiger partial charge in [0.05, 0.1) is 4.92 Å². The maximum atomic E-state index is 10.6. The second-order valence-corrected chi connectivity index (χ2v) is 5.30. The fourth-order valence-electron chi connectivity index (χ4n) is 1.90. The molecule has 23 heavy (non-hydrogen) atoms. The van der Waals surface area contributed by atoms with Crippen molar-refractivity contribution in [3.63, 3.8) is 0 Å². The smallest absolute Gasteiger partial charge is 0.302 e. The Hall–Kier alpha value is -2.88. The molecule has 0 saturated heterocycles. The first-order chi connectivity index (χ1) is 11.2. The van der Waals surface area contributed by atoms with Crippen molar-refractivity contribution in [3.05, 3.63) is 47.0 Å². The minimum Gasteiger partial charge on any atom is -0.302 e. The van der Waals surface area contributed by atoms with Crippen LogP contribution in [0.1, 0.15) is 6.92 Å². The number of pyridine rings is 1. The van der Waals surface area contributed by atoms with Crippen LogP contribution in [-0.4, -0.2) is 34.6 Å². The molecular formula is C13H11N7O2S. The maximum Gasteiger partial charge on any atom is 0.305 e. The van der Waals surface area contributed by atoms with Gasteiger partial charge in [-0.05, 0) is 30.8 Å². The highest BCUT2D eigenvalue weighted by atomic mass is 32.2. The molecule has 3 rings (SSSR count). The van der Waals surface area contributed by atoms with E-state index in [2.05, 4.69) is 25.1 Å². The van der Waals surface area contributed by atoms with Crippen molar-refractivity contribution in [1.82, 2.24) is 29.7 Å². The van der Waals surface area contributed by atoms with Gasteiger partial charge < -0.3 is 4.57 Å². The third-order valence-electron chi connectivity index (χ3n) is 2.98. The Morgan fingerprint density at radius 3 is 2.52 bits per heavy atom. The number of nitro groups is 1. The van der Waals surface area contributed by atoms with Crippen LogP contribution in [0.2, 0.25) is 0 Å². The second kappa shape index (κ2) is 6.48. The van der Waals surface area contributed by atoms with Gasteiger partial charge in [-0.2, -0.15) is 0 Å². The van der Waals surface area contributed by atoms with Crippen LogP contribution in [-0.2, 0) is 6.54 Å². The predicted octanol–water partition coefficient (Wildman–Crippen LogP) is 2.21. The van der Waals surface area contributed by atoms with E-state index in [1.807, 2.05) is 23.6 Å². The lowest BCUT2D eigenvalue weighted by Gasteiger charge is -2.06. The Morgan fingerprint density at radius 1 is 1.22 bits per heavy atom. The highest BCUT2D eigenvalue weighted by molar-refractivity contribution is 7.99. The molecule has 3 heterocycles. The zero-order chi connectivity index (χ0) is 16.2. The number of hydrogen-bond donors (Lipinski definition) is 0. The van der Waals surface area contributed by atoms with E-state index in [9.17, 15) is 10.1 Å². The van der Waals surface area contributed by atoms with Gasteiger partial charge in [-0.3, -0.25) is 15.1 Å². The lowest BCUT2D eigenvalue weighted by atomic mass is 10.2. The topological polar surface area (TPSA) is 113 Å². The Bertz CT molecular complexity index is 820. The van der Waals surface area contributed by atoms with Gasteiger partial charge in [0.25, 0.3) is 0 Å². The van der Waals surface area contributed by atoms with Crippen LogP contribution < -0.4 is 0 Å². The molecular weight excluding hydrogens is 318 g/mol. The molecule has 0 saturated carbocycles. The summed E-state index contributed by atoms with van der Waals surface area (Å²) in [7, 11) is 0. The third kappa shape index (κ3) is 3.16. The third-order valence-corrected chi connectivity index (χ3v) is 3.86. The first kappa shape index (κ1) is 15.0. The first-order valence-electron chi connectivity index (χ1n) is 6.67. The Labute approximate surface area is 135 Å². The van der Waals surface area contributed by atoms with E-state index in [-0.39, 0.29) is 5.69 Å². The largest absolute Gasteiger partial charge is 0.305 e. The summed E-state index contributed by atoms with van der Waals surface area (Å²) < 4.78 is 1.92. The SMILES string of the molecule is CCn1c(Sc2ncc([N+](=O)[O-])cn2)nnc1-c1ccncc1. The van der Waals surface area contributed by atoms with Crippen molar-refractivity contribution < 1.29 is 4.92 Å². The zero-order valence-electron chi connectivity index (χ0n) is 12.0. The normalized spacial score (nSPS) is 10.7. The monoisotopic (exact) mass is 329 g/mol. The van der Waals surface area contributed by atoms with E-state index in [0.717, 1.165) is 11.4 Å². The van der Waals surface area contributed by atoms with Gasteiger partial charge in [-0.1, -0.05) is 0 Å². The minimum atomic E-state index is -0.537. The van der Waals surface area contributed by atoms with Gasteiger partial charge in [0, 0.05) is 24.5 Å². The molecule has 3 aromatic heterocycles. The Balaban J connectivity index is 1.89. The molecule has 0 unspecified atom stereocenters. The number of hydrogen-bond acceptors (Lipinski definition) is 8. The summed E-state index contributed by atoms with van der Waals surface area (Å²) in [6.07, 6.45) is 5.73. The van der Waals surface area contributed by atoms with Crippen LogP contribution in [0.5, 0.6) is 0 Å². The van der Waals surface area contributed by atoms with Crippen molar-refractivity contribution in [2.45, 2.75) is 23.8 Å². The summed E-state index contributed by atoms with van der Waals surface area (Å²) in [4.78, 5) is 22.0. The number of rotatable bonds is 5. The molecule has 0 aliphatic heterocycles. The van der Waals surface area contributed by atoms with Crippen molar-refractivity contribution in [3.8, 4) is 11.4 Å². The van der Waals surface area contributed by atoms with Crippen LogP contribution in [0, 0.1) is 10.1 Å². The summed E-state index contributed by atoms with van der Waals surface area (Å²) in [6, 6.07) is 3.71. The molecule has 9 nitrogen and oxygen atoms in total. The van der Waals surface area contributed by atoms with Crippen molar-refractivity contribution in [1.29, 1.82) is 0 Å². The highest BCUT2D eigenvalue weighted by Crippen LogP contribution is 2.27. The standard InChI is InChI=1S/C13H11N7O2S/c1-2-19-11(9-3-5-14-6-4-9)17-18-13(19)23-12-15-7-10(8-16-12)20(21)22/h3-8H,2H2,1H3. The molecule has 116 valence electrons. The minimum absolute atomic E-state index is 0.149. The summed E-state index contributed by atoms with van der Waals surface area (Å²) in [5.41, 5.74) is 0.759. The molecule has 0 amide bonds. The van der Waals surface area contributed by atoms with Gasteiger partial charge in [-0.25, -0.2) is 9.97 Å². The molecule has 0 aliphatic carbocycles. The van der Waals surface area contributed by atoms with E-state index in [4.69, 9.17) is 0 Å². The fourth-order valence-corrected chi connectivity index (χ4v) is 2.68. The van der Waals surface area contributed by atoms with Crippen molar-refractivity contribution >= 4 is 17.4 Å². The molecule has 0 atom stereocenters. The maximum absolute atomic E-state index is 10.6. The van der Waals surface area contributed by atoms with Gasteiger partial charge in [0.15, 0.2) is 16.1 Å². The summed E-state index contributed by atoms with van der Waals surface area (Å²) in [5.74, 6) is 0.722. The van der Waals surface area contributed by atoms with Crippen LogP contribution in [0.25, 0.3) is 11.4 Å². The summed E-state index contributed by atoms with van der Waals surface area (Å²) >= 11 is 1.20. The summed E-state index contributed by atoms with van der Waals surface area (Å²) in [6.45, 7) is 2.65. The average Bonchev–Trinajstić information content (AvgIpc) is 2.98. The fraction of sp³-hybridized carbons (Fsp3) is 0.154. The summed E-state index contributed by atoms with van der Waals surface area (Å²) in [5, 5.41) is 20.0. The van der Waals surface area contributed by atoms with E-state index < -0.39 is 4.92 Å². The Kier molecular flexibility index (Phi) is 4.24. The van der Waals surface area contributed by atoms with Gasteiger partial charge >= 0.3 is 5.69 Å². The van der Waals surface area contributed by atoms with E-state index in [1.54, 1.807) is 12.4 Å². The van der Waals surface area contributed by atoms with Crippen molar-refractivity contribution in [2.24, 2.45) is 0 Å². The first-order valence-corrected chi connectivity index (χ1v) is 7.48. The highest BCUT2D eigenvalue weighted by Gasteiger charge is 2.15. The molecule has 0 spiro atoms. The van der Waals surface area contributed by atoms with Crippen LogP contribution in [0.4, 0.5) is 5.69 Å². The number of nitrogens with zero attached hydrogens (tertiary/aromatic N) is 7. The molecule has 0 bridgehead atoms. The van der Waals surface area contributed by atoms with Crippen LogP contribution in [0.3, 0.4) is 0 Å². The van der Waals surface area contributed by atoms with Gasteiger partial charge in [0.2, 0.25) is 0 Å². The molecule has 3 aromatic rings. The molecule has 0 aliphatic rings. The van der Waals surface area contributed by atoms with E-state index in [1.165, 1.54) is 24.2 Å². The Morgan fingerprint density at radius 2 is 1.91 bits per heavy atom. The average molecular weight is 329 g/mol. The van der Waals surface area contributed by atoms with E-state index in [0.29, 0.717) is 16.9 Å². The number of aromatic nitrogens is 6. The lowest BCUT2D eigenvalue weighted by Crippen LogP contribution is -2.00. The predicted molar refractivity (Wildman–Crippen MR) is 81.7 cm³/mol.